The number of hydrogen-bond donors (Lipinski definition) is 2. The van der Waals surface area contributed by atoms with E-state index in [9.17, 15) is 19.5 Å². The van der Waals surface area contributed by atoms with Gasteiger partial charge in [0.2, 0.25) is 5.91 Å². The van der Waals surface area contributed by atoms with E-state index in [1.807, 2.05) is 36.4 Å². The highest BCUT2D eigenvalue weighted by Gasteiger charge is 2.45. The fraction of sp³-hybridized carbons (Fsp3) is 0.423. The smallest absolute Gasteiger partial charge is 0.408 e. The number of ether oxygens (including phenoxy) is 1. The first-order valence-electron chi connectivity index (χ1n) is 11.3. The van der Waals surface area contributed by atoms with Crippen LogP contribution in [0.4, 0.5) is 4.79 Å². The zero-order chi connectivity index (χ0) is 24.4. The molecular formula is C26H32N2O5. The predicted molar refractivity (Wildman–Crippen MR) is 126 cm³/mol. The van der Waals surface area contributed by atoms with Gasteiger partial charge in [0.05, 0.1) is 0 Å². The van der Waals surface area contributed by atoms with Crippen LogP contribution < -0.4 is 5.32 Å². The average molecular weight is 453 g/mol. The van der Waals surface area contributed by atoms with E-state index >= 15 is 0 Å². The van der Waals surface area contributed by atoms with Gasteiger partial charge >= 0.3 is 12.1 Å². The Morgan fingerprint density at radius 2 is 1.48 bits per heavy atom. The molecule has 0 aromatic heterocycles. The molecule has 7 nitrogen and oxygen atoms in total. The SMILES string of the molecule is CCN(C(=O)C(C)(CC)NC(=O)OCC1c2ccccc2-c2ccccc21)C(C)(C)C(=O)O. The molecule has 0 heterocycles. The number of aliphatic carboxylic acids is 1. The zero-order valence-electron chi connectivity index (χ0n) is 19.8. The van der Waals surface area contributed by atoms with Gasteiger partial charge in [-0.15, -0.1) is 0 Å². The summed E-state index contributed by atoms with van der Waals surface area (Å²) in [6, 6.07) is 16.1. The second-order valence-corrected chi connectivity index (χ2v) is 9.05. The Kier molecular flexibility index (Phi) is 6.81. The Hall–Kier alpha value is -3.35. The van der Waals surface area contributed by atoms with E-state index in [0.717, 1.165) is 22.3 Å². The number of nitrogens with one attached hydrogen (secondary N) is 1. The van der Waals surface area contributed by atoms with Gasteiger partial charge in [0, 0.05) is 12.5 Å². The first-order valence-corrected chi connectivity index (χ1v) is 11.3. The van der Waals surface area contributed by atoms with Crippen molar-refractivity contribution in [2.75, 3.05) is 13.2 Å². The zero-order valence-corrected chi connectivity index (χ0v) is 19.8. The van der Waals surface area contributed by atoms with Gasteiger partial charge in [0.1, 0.15) is 17.7 Å². The van der Waals surface area contributed by atoms with Crippen LogP contribution in [0.5, 0.6) is 0 Å². The molecule has 176 valence electrons. The van der Waals surface area contributed by atoms with E-state index in [1.165, 1.54) is 18.7 Å². The van der Waals surface area contributed by atoms with Gasteiger partial charge in [-0.05, 0) is 56.4 Å². The largest absolute Gasteiger partial charge is 0.480 e. The van der Waals surface area contributed by atoms with E-state index in [0.29, 0.717) is 0 Å². The summed E-state index contributed by atoms with van der Waals surface area (Å²) in [4.78, 5) is 39.0. The van der Waals surface area contributed by atoms with Crippen molar-refractivity contribution in [3.8, 4) is 11.1 Å². The summed E-state index contributed by atoms with van der Waals surface area (Å²) in [5.74, 6) is -1.67. The van der Waals surface area contributed by atoms with Crippen molar-refractivity contribution >= 4 is 18.0 Å². The molecule has 1 atom stereocenters. The first kappa shape index (κ1) is 24.3. The number of fused-ring (bicyclic) bond motifs is 3. The highest BCUT2D eigenvalue weighted by atomic mass is 16.5. The van der Waals surface area contributed by atoms with Gasteiger partial charge in [-0.1, -0.05) is 55.5 Å². The number of alkyl carbamates (subject to hydrolysis) is 1. The molecule has 0 saturated carbocycles. The van der Waals surface area contributed by atoms with Crippen LogP contribution in [-0.2, 0) is 14.3 Å². The van der Waals surface area contributed by atoms with Crippen LogP contribution in [0, 0.1) is 0 Å². The van der Waals surface area contributed by atoms with Gasteiger partial charge in [0.25, 0.3) is 0 Å². The first-order chi connectivity index (χ1) is 15.6. The molecule has 0 saturated heterocycles. The van der Waals surface area contributed by atoms with E-state index in [-0.39, 0.29) is 25.5 Å². The van der Waals surface area contributed by atoms with Crippen molar-refractivity contribution in [3.63, 3.8) is 0 Å². The number of rotatable bonds is 8. The van der Waals surface area contributed by atoms with Gasteiger partial charge in [-0.3, -0.25) is 4.79 Å². The summed E-state index contributed by atoms with van der Waals surface area (Å²) in [7, 11) is 0. The van der Waals surface area contributed by atoms with Crippen LogP contribution >= 0.6 is 0 Å². The molecule has 2 aromatic rings. The molecule has 0 bridgehead atoms. The Morgan fingerprint density at radius 1 is 0.970 bits per heavy atom. The van der Waals surface area contributed by atoms with Gasteiger partial charge in [-0.25, -0.2) is 9.59 Å². The predicted octanol–water partition coefficient (Wildman–Crippen LogP) is 4.41. The minimum absolute atomic E-state index is 0.0928. The van der Waals surface area contributed by atoms with Crippen molar-refractivity contribution in [1.29, 1.82) is 0 Å². The number of carboxylic acids is 1. The number of benzene rings is 2. The Morgan fingerprint density at radius 3 is 1.94 bits per heavy atom. The number of carbonyl (C=O) groups excluding carboxylic acids is 2. The van der Waals surface area contributed by atoms with Crippen LogP contribution in [0.1, 0.15) is 58.1 Å². The molecule has 7 heteroatoms. The lowest BCUT2D eigenvalue weighted by Crippen LogP contribution is -2.63. The molecule has 1 unspecified atom stereocenters. The third kappa shape index (κ3) is 4.45. The van der Waals surface area contributed by atoms with Crippen LogP contribution in [0.15, 0.2) is 48.5 Å². The summed E-state index contributed by atoms with van der Waals surface area (Å²) >= 11 is 0. The summed E-state index contributed by atoms with van der Waals surface area (Å²) in [5.41, 5.74) is 1.74. The number of amides is 2. The van der Waals surface area contributed by atoms with E-state index < -0.39 is 29.0 Å². The van der Waals surface area contributed by atoms with Crippen LogP contribution in [-0.4, -0.2) is 52.2 Å². The topological polar surface area (TPSA) is 95.9 Å². The fourth-order valence-electron chi connectivity index (χ4n) is 4.36. The highest BCUT2D eigenvalue weighted by Crippen LogP contribution is 2.44. The van der Waals surface area contributed by atoms with Crippen molar-refractivity contribution < 1.29 is 24.2 Å². The summed E-state index contributed by atoms with van der Waals surface area (Å²) in [6.07, 6.45) is -0.430. The molecule has 33 heavy (non-hydrogen) atoms. The van der Waals surface area contributed by atoms with Crippen molar-refractivity contribution in [2.24, 2.45) is 0 Å². The molecule has 2 amide bonds. The van der Waals surface area contributed by atoms with Crippen molar-refractivity contribution in [1.82, 2.24) is 10.2 Å². The minimum atomic E-state index is -1.41. The lowest BCUT2D eigenvalue weighted by atomic mass is 9.93. The summed E-state index contributed by atoms with van der Waals surface area (Å²) in [6.45, 7) is 8.35. The van der Waals surface area contributed by atoms with Crippen LogP contribution in [0.2, 0.25) is 0 Å². The van der Waals surface area contributed by atoms with Gasteiger partial charge < -0.3 is 20.1 Å². The molecule has 1 aliphatic rings. The molecule has 1 aliphatic carbocycles. The fourth-order valence-corrected chi connectivity index (χ4v) is 4.36. The summed E-state index contributed by atoms with van der Waals surface area (Å²) < 4.78 is 5.60. The molecule has 2 aromatic carbocycles. The molecule has 2 N–H and O–H groups in total. The third-order valence-electron chi connectivity index (χ3n) is 6.66. The quantitative estimate of drug-likeness (QED) is 0.619. The maximum absolute atomic E-state index is 13.3. The number of carboxylic acid groups (broad SMARTS) is 1. The van der Waals surface area contributed by atoms with Crippen molar-refractivity contribution in [3.05, 3.63) is 59.7 Å². The summed E-state index contributed by atoms with van der Waals surface area (Å²) in [5, 5.41) is 12.3. The van der Waals surface area contributed by atoms with Crippen LogP contribution in [0.25, 0.3) is 11.1 Å². The van der Waals surface area contributed by atoms with Gasteiger partial charge in [0.15, 0.2) is 0 Å². The third-order valence-corrected chi connectivity index (χ3v) is 6.66. The minimum Gasteiger partial charge on any atom is -0.480 e. The number of likely N-dealkylation sites (N-methyl/N-ethyl adjacent to an activating group) is 1. The molecule has 0 fully saturated rings. The highest BCUT2D eigenvalue weighted by molar-refractivity contribution is 5.93. The lowest BCUT2D eigenvalue weighted by Gasteiger charge is -2.40. The Balaban J connectivity index is 1.74. The molecule has 3 rings (SSSR count). The maximum atomic E-state index is 13.3. The Bertz CT molecular complexity index is 1020. The number of carbonyl (C=O) groups is 3. The second kappa shape index (κ2) is 9.25. The average Bonchev–Trinajstić information content (AvgIpc) is 3.11. The van der Waals surface area contributed by atoms with Crippen molar-refractivity contribution in [2.45, 2.75) is 58.0 Å². The van der Waals surface area contributed by atoms with Gasteiger partial charge in [-0.2, -0.15) is 0 Å². The number of nitrogens with zero attached hydrogens (tertiary/aromatic N) is 1. The monoisotopic (exact) mass is 452 g/mol. The Labute approximate surface area is 194 Å². The molecule has 0 spiro atoms. The van der Waals surface area contributed by atoms with E-state index in [1.54, 1.807) is 20.8 Å². The lowest BCUT2D eigenvalue weighted by molar-refractivity contribution is -0.159. The molecule has 0 aliphatic heterocycles. The normalized spacial score (nSPS) is 14.6. The number of hydrogen-bond acceptors (Lipinski definition) is 4. The van der Waals surface area contributed by atoms with E-state index in [2.05, 4.69) is 17.4 Å². The standard InChI is InChI=1S/C26H32N2O5/c1-6-26(5,22(29)28(7-2)25(3,4)23(30)31)27-24(32)33-16-21-19-14-10-8-12-17(19)18-13-9-11-15-20(18)21/h8-15,21H,6-7,16H2,1-5H3,(H,27,32)(H,30,31). The van der Waals surface area contributed by atoms with Crippen LogP contribution in [0.3, 0.4) is 0 Å². The van der Waals surface area contributed by atoms with E-state index in [4.69, 9.17) is 4.74 Å². The molecular weight excluding hydrogens is 420 g/mol. The second-order valence-electron chi connectivity index (χ2n) is 9.05. The molecule has 0 radical (unpaired) electrons. The maximum Gasteiger partial charge on any atom is 0.408 e.